The first-order valence-electron chi connectivity index (χ1n) is 11.5. The standard InChI is InChI=1S/C25H27N3O4S2/c1-16-8-9-17-19(13-26)24(34-21(17)12-16)27-22(29)14-32-25(31)18-6-2-3-7-20(18)33-15-23(30)28-10-4-5-11-28/h2-3,6-7,16H,4-5,8-12,14-15H2,1H3,(H,27,29). The SMILES string of the molecule is CC1CCc2c(sc(NC(=O)COC(=O)c3ccccc3SCC(=O)N3CCCC3)c2C#N)C1. The number of nitrogens with one attached hydrogen (secondary N) is 1. The summed E-state index contributed by atoms with van der Waals surface area (Å²) in [5, 5.41) is 12.9. The Balaban J connectivity index is 1.34. The molecule has 0 spiro atoms. The minimum Gasteiger partial charge on any atom is -0.452 e. The Morgan fingerprint density at radius 1 is 1.26 bits per heavy atom. The molecule has 34 heavy (non-hydrogen) atoms. The van der Waals surface area contributed by atoms with E-state index in [1.165, 1.54) is 23.1 Å². The third-order valence-electron chi connectivity index (χ3n) is 6.13. The maximum Gasteiger partial charge on any atom is 0.339 e. The summed E-state index contributed by atoms with van der Waals surface area (Å²) in [6, 6.07) is 9.14. The number of carbonyl (C=O) groups is 3. The Morgan fingerprint density at radius 3 is 2.79 bits per heavy atom. The number of thiophene rings is 1. The van der Waals surface area contributed by atoms with E-state index >= 15 is 0 Å². The molecule has 2 aromatic rings. The quantitative estimate of drug-likeness (QED) is 0.453. The van der Waals surface area contributed by atoms with Gasteiger partial charge in [0.15, 0.2) is 6.61 Å². The molecule has 1 aliphatic heterocycles. The monoisotopic (exact) mass is 497 g/mol. The minimum atomic E-state index is -0.619. The lowest BCUT2D eigenvalue weighted by molar-refractivity contribution is -0.127. The molecule has 1 aromatic heterocycles. The Bertz CT molecular complexity index is 1130. The van der Waals surface area contributed by atoms with Crippen molar-refractivity contribution in [3.8, 4) is 6.07 Å². The fourth-order valence-electron chi connectivity index (χ4n) is 4.29. The first-order valence-corrected chi connectivity index (χ1v) is 13.3. The summed E-state index contributed by atoms with van der Waals surface area (Å²) < 4.78 is 5.26. The highest BCUT2D eigenvalue weighted by molar-refractivity contribution is 8.00. The highest BCUT2D eigenvalue weighted by atomic mass is 32.2. The highest BCUT2D eigenvalue weighted by Gasteiger charge is 2.25. The number of ether oxygens (including phenoxy) is 1. The van der Waals surface area contributed by atoms with Gasteiger partial charge in [0, 0.05) is 22.9 Å². The molecular weight excluding hydrogens is 470 g/mol. The summed E-state index contributed by atoms with van der Waals surface area (Å²) in [6.07, 6.45) is 4.85. The van der Waals surface area contributed by atoms with Crippen molar-refractivity contribution >= 4 is 45.9 Å². The molecule has 1 saturated heterocycles. The molecule has 9 heteroatoms. The Morgan fingerprint density at radius 2 is 2.03 bits per heavy atom. The second-order valence-corrected chi connectivity index (χ2v) is 10.8. The van der Waals surface area contributed by atoms with Gasteiger partial charge in [-0.2, -0.15) is 5.26 Å². The van der Waals surface area contributed by atoms with Gasteiger partial charge in [-0.15, -0.1) is 23.1 Å². The number of thioether (sulfide) groups is 1. The van der Waals surface area contributed by atoms with Gasteiger partial charge in [-0.05, 0) is 55.7 Å². The van der Waals surface area contributed by atoms with Gasteiger partial charge >= 0.3 is 5.97 Å². The van der Waals surface area contributed by atoms with Crippen molar-refractivity contribution in [2.45, 2.75) is 43.9 Å². The van der Waals surface area contributed by atoms with Crippen molar-refractivity contribution in [3.05, 3.63) is 45.8 Å². The van der Waals surface area contributed by atoms with Gasteiger partial charge in [0.1, 0.15) is 11.1 Å². The molecule has 1 aromatic carbocycles. The molecule has 1 unspecified atom stereocenters. The summed E-state index contributed by atoms with van der Waals surface area (Å²) in [5.74, 6) is -0.224. The number of hydrogen-bond donors (Lipinski definition) is 1. The second kappa shape index (κ2) is 11.1. The van der Waals surface area contributed by atoms with Gasteiger partial charge in [-0.3, -0.25) is 9.59 Å². The zero-order chi connectivity index (χ0) is 24.1. The lowest BCUT2D eigenvalue weighted by Crippen LogP contribution is -2.29. The Labute approximate surface area is 207 Å². The van der Waals surface area contributed by atoms with Gasteiger partial charge in [-0.1, -0.05) is 19.1 Å². The van der Waals surface area contributed by atoms with Crippen molar-refractivity contribution < 1.29 is 19.1 Å². The number of amides is 2. The predicted molar refractivity (Wildman–Crippen MR) is 132 cm³/mol. The van der Waals surface area contributed by atoms with E-state index in [0.29, 0.717) is 26.9 Å². The van der Waals surface area contributed by atoms with E-state index in [4.69, 9.17) is 4.74 Å². The predicted octanol–water partition coefficient (Wildman–Crippen LogP) is 4.25. The van der Waals surface area contributed by atoms with Crippen molar-refractivity contribution in [2.24, 2.45) is 5.92 Å². The highest BCUT2D eigenvalue weighted by Crippen LogP contribution is 2.39. The number of hydrogen-bond acceptors (Lipinski definition) is 7. The fraction of sp³-hybridized carbons (Fsp3) is 0.440. The van der Waals surface area contributed by atoms with Crippen molar-refractivity contribution in [1.82, 2.24) is 4.90 Å². The molecular formula is C25H27N3O4S2. The topological polar surface area (TPSA) is 99.5 Å². The van der Waals surface area contributed by atoms with Crippen LogP contribution in [0.3, 0.4) is 0 Å². The molecule has 1 fully saturated rings. The largest absolute Gasteiger partial charge is 0.452 e. The number of likely N-dealkylation sites (tertiary alicyclic amines) is 1. The van der Waals surface area contributed by atoms with Crippen LogP contribution in [0.1, 0.15) is 52.5 Å². The van der Waals surface area contributed by atoms with Gasteiger partial charge in [-0.25, -0.2) is 4.79 Å². The molecule has 1 atom stereocenters. The average molecular weight is 498 g/mol. The van der Waals surface area contributed by atoms with Crippen LogP contribution in [0.25, 0.3) is 0 Å². The van der Waals surface area contributed by atoms with Crippen LogP contribution in [0.5, 0.6) is 0 Å². The number of carbonyl (C=O) groups excluding carboxylic acids is 3. The van der Waals surface area contributed by atoms with E-state index in [1.54, 1.807) is 24.3 Å². The normalized spacial score (nSPS) is 17.1. The van der Waals surface area contributed by atoms with Gasteiger partial charge in [0.05, 0.1) is 16.9 Å². The molecule has 4 rings (SSSR count). The van der Waals surface area contributed by atoms with Crippen molar-refractivity contribution in [2.75, 3.05) is 30.8 Å². The van der Waals surface area contributed by atoms with E-state index in [-0.39, 0.29) is 11.7 Å². The fourth-order valence-corrected chi connectivity index (χ4v) is 6.61. The van der Waals surface area contributed by atoms with Crippen molar-refractivity contribution in [3.63, 3.8) is 0 Å². The summed E-state index contributed by atoms with van der Waals surface area (Å²) in [5.41, 5.74) is 1.89. The van der Waals surface area contributed by atoms with E-state index in [1.807, 2.05) is 4.90 Å². The molecule has 2 aliphatic rings. The number of rotatable bonds is 7. The third kappa shape index (κ3) is 5.62. The second-order valence-electron chi connectivity index (χ2n) is 8.66. The lowest BCUT2D eigenvalue weighted by Gasteiger charge is -2.17. The molecule has 2 amide bonds. The maximum absolute atomic E-state index is 12.7. The molecule has 178 valence electrons. The van der Waals surface area contributed by atoms with Gasteiger partial charge < -0.3 is 15.0 Å². The van der Waals surface area contributed by atoms with Crippen LogP contribution in [0.2, 0.25) is 0 Å². The Hall–Kier alpha value is -2.83. The van der Waals surface area contributed by atoms with Gasteiger partial charge in [0.2, 0.25) is 5.91 Å². The van der Waals surface area contributed by atoms with Crippen LogP contribution >= 0.6 is 23.1 Å². The average Bonchev–Trinajstić information content (AvgIpc) is 3.48. The number of fused-ring (bicyclic) bond motifs is 1. The summed E-state index contributed by atoms with van der Waals surface area (Å²) in [7, 11) is 0. The molecule has 0 saturated carbocycles. The summed E-state index contributed by atoms with van der Waals surface area (Å²) in [6.45, 7) is 3.31. The van der Waals surface area contributed by atoms with E-state index in [9.17, 15) is 19.6 Å². The number of esters is 1. The van der Waals surface area contributed by atoms with Crippen LogP contribution in [0.4, 0.5) is 5.00 Å². The Kier molecular flexibility index (Phi) is 7.91. The molecule has 2 heterocycles. The number of anilines is 1. The smallest absolute Gasteiger partial charge is 0.339 e. The van der Waals surface area contributed by atoms with Gasteiger partial charge in [0.25, 0.3) is 5.91 Å². The van der Waals surface area contributed by atoms with Crippen molar-refractivity contribution in [1.29, 1.82) is 5.26 Å². The summed E-state index contributed by atoms with van der Waals surface area (Å²) in [4.78, 5) is 41.2. The first kappa shape index (κ1) is 24.3. The molecule has 0 bridgehead atoms. The molecule has 1 N–H and O–H groups in total. The van der Waals surface area contributed by atoms with E-state index < -0.39 is 18.5 Å². The zero-order valence-corrected chi connectivity index (χ0v) is 20.7. The summed E-state index contributed by atoms with van der Waals surface area (Å²) >= 11 is 2.74. The number of nitrogens with zero attached hydrogens (tertiary/aromatic N) is 2. The van der Waals surface area contributed by atoms with Crippen LogP contribution < -0.4 is 5.32 Å². The van der Waals surface area contributed by atoms with E-state index in [2.05, 4.69) is 18.3 Å². The third-order valence-corrected chi connectivity index (χ3v) is 8.36. The van der Waals surface area contributed by atoms with Crippen LogP contribution in [0, 0.1) is 17.2 Å². The first-order chi connectivity index (χ1) is 16.5. The lowest BCUT2D eigenvalue weighted by atomic mass is 9.89. The molecule has 0 radical (unpaired) electrons. The minimum absolute atomic E-state index is 0.0615. The number of nitriles is 1. The molecule has 7 nitrogen and oxygen atoms in total. The van der Waals surface area contributed by atoms with E-state index in [0.717, 1.165) is 55.6 Å². The number of benzene rings is 1. The zero-order valence-electron chi connectivity index (χ0n) is 19.1. The van der Waals surface area contributed by atoms with Crippen LogP contribution in [-0.2, 0) is 27.2 Å². The van der Waals surface area contributed by atoms with Crippen LogP contribution in [0.15, 0.2) is 29.2 Å². The molecule has 1 aliphatic carbocycles. The maximum atomic E-state index is 12.7. The van der Waals surface area contributed by atoms with Crippen LogP contribution in [-0.4, -0.2) is 48.1 Å².